The quantitative estimate of drug-likeness (QED) is 0.832. The summed E-state index contributed by atoms with van der Waals surface area (Å²) in [5.41, 5.74) is 0.650. The smallest absolute Gasteiger partial charge is 0.228 e. The van der Waals surface area contributed by atoms with Gasteiger partial charge in [-0.05, 0) is 37.1 Å². The summed E-state index contributed by atoms with van der Waals surface area (Å²) in [6.45, 7) is 1.58. The Morgan fingerprint density at radius 2 is 1.78 bits per heavy atom. The lowest BCUT2D eigenvalue weighted by Gasteiger charge is -2.36. The summed E-state index contributed by atoms with van der Waals surface area (Å²) in [7, 11) is 0. The Morgan fingerprint density at radius 3 is 2.43 bits per heavy atom. The first-order valence-electron chi connectivity index (χ1n) is 8.09. The van der Waals surface area contributed by atoms with Gasteiger partial charge in [0.1, 0.15) is 5.82 Å². The third kappa shape index (κ3) is 2.51. The van der Waals surface area contributed by atoms with E-state index in [0.717, 1.165) is 12.8 Å². The second-order valence-corrected chi connectivity index (χ2v) is 6.55. The Kier molecular flexibility index (Phi) is 3.56. The van der Waals surface area contributed by atoms with E-state index in [1.165, 1.54) is 12.1 Å². The van der Waals surface area contributed by atoms with Crippen molar-refractivity contribution in [2.24, 2.45) is 5.92 Å². The number of ether oxygens (including phenoxy) is 1. The van der Waals surface area contributed by atoms with E-state index in [4.69, 9.17) is 4.74 Å². The van der Waals surface area contributed by atoms with Gasteiger partial charge in [-0.15, -0.1) is 0 Å². The molecular weight excluding hydrogens is 299 g/mol. The first-order valence-corrected chi connectivity index (χ1v) is 8.09. The summed E-state index contributed by atoms with van der Waals surface area (Å²) >= 11 is 0. The van der Waals surface area contributed by atoms with Gasteiger partial charge in [0.25, 0.3) is 0 Å². The summed E-state index contributed by atoms with van der Waals surface area (Å²) < 4.78 is 18.6. The number of benzene rings is 1. The van der Waals surface area contributed by atoms with Crippen molar-refractivity contribution in [1.82, 2.24) is 4.90 Å². The van der Waals surface area contributed by atoms with E-state index in [1.807, 2.05) is 4.90 Å². The molecule has 0 spiro atoms. The first kappa shape index (κ1) is 14.6. The number of amides is 2. The third-order valence-corrected chi connectivity index (χ3v) is 5.11. The summed E-state index contributed by atoms with van der Waals surface area (Å²) in [4.78, 5) is 28.7. The average Bonchev–Trinajstić information content (AvgIpc) is 3.05. The van der Waals surface area contributed by atoms with Crippen LogP contribution in [0.1, 0.15) is 19.3 Å². The van der Waals surface area contributed by atoms with Crippen LogP contribution in [0.5, 0.6) is 0 Å². The van der Waals surface area contributed by atoms with Crippen LogP contribution in [0, 0.1) is 11.7 Å². The number of fused-ring (bicyclic) bond motifs is 2. The molecule has 4 rings (SSSR count). The Balaban J connectivity index is 1.50. The molecule has 3 saturated heterocycles. The van der Waals surface area contributed by atoms with Crippen LogP contribution in [0.25, 0.3) is 0 Å². The molecule has 1 aromatic carbocycles. The number of morpholine rings is 1. The number of hydrogen-bond donors (Lipinski definition) is 0. The zero-order valence-corrected chi connectivity index (χ0v) is 12.8. The maximum atomic E-state index is 13.0. The van der Waals surface area contributed by atoms with E-state index >= 15 is 0 Å². The van der Waals surface area contributed by atoms with Crippen molar-refractivity contribution in [3.63, 3.8) is 0 Å². The van der Waals surface area contributed by atoms with Gasteiger partial charge in [0.2, 0.25) is 11.8 Å². The van der Waals surface area contributed by atoms with Crippen LogP contribution < -0.4 is 4.90 Å². The Hall–Kier alpha value is -1.95. The standard InChI is InChI=1S/C17H19FN2O3/c18-12-1-3-13(4-2-12)19-8-11(7-16(19)21)17(22)20-14-5-6-15(20)10-23-9-14/h1-4,11,14-15H,5-10H2/t11-,14-,15+/m0/s1. The molecule has 3 aliphatic rings. The lowest BCUT2D eigenvalue weighted by atomic mass is 10.1. The Morgan fingerprint density at radius 1 is 1.13 bits per heavy atom. The molecule has 5 nitrogen and oxygen atoms in total. The van der Waals surface area contributed by atoms with Crippen LogP contribution in [0.2, 0.25) is 0 Å². The molecule has 2 bridgehead atoms. The maximum absolute atomic E-state index is 13.0. The Labute approximate surface area is 134 Å². The van der Waals surface area contributed by atoms with Gasteiger partial charge >= 0.3 is 0 Å². The second-order valence-electron chi connectivity index (χ2n) is 6.55. The number of hydrogen-bond acceptors (Lipinski definition) is 3. The summed E-state index contributed by atoms with van der Waals surface area (Å²) in [6, 6.07) is 6.16. The summed E-state index contributed by atoms with van der Waals surface area (Å²) in [5, 5.41) is 0. The molecule has 3 heterocycles. The van der Waals surface area contributed by atoms with Crippen LogP contribution in [0.3, 0.4) is 0 Å². The summed E-state index contributed by atoms with van der Waals surface area (Å²) in [6.07, 6.45) is 2.20. The summed E-state index contributed by atoms with van der Waals surface area (Å²) in [5.74, 6) is -0.652. The van der Waals surface area contributed by atoms with Crippen molar-refractivity contribution >= 4 is 17.5 Å². The average molecular weight is 318 g/mol. The third-order valence-electron chi connectivity index (χ3n) is 5.11. The highest BCUT2D eigenvalue weighted by Crippen LogP contribution is 2.33. The van der Waals surface area contributed by atoms with Crippen LogP contribution >= 0.6 is 0 Å². The van der Waals surface area contributed by atoms with Gasteiger partial charge in [-0.1, -0.05) is 0 Å². The molecule has 2 amide bonds. The molecule has 3 fully saturated rings. The maximum Gasteiger partial charge on any atom is 0.228 e. The fraction of sp³-hybridized carbons (Fsp3) is 0.529. The molecule has 122 valence electrons. The minimum absolute atomic E-state index is 0.0683. The van der Waals surface area contributed by atoms with Crippen molar-refractivity contribution in [1.29, 1.82) is 0 Å². The highest BCUT2D eigenvalue weighted by atomic mass is 19.1. The first-order chi connectivity index (χ1) is 11.1. The number of carbonyl (C=O) groups excluding carboxylic acids is 2. The Bertz CT molecular complexity index is 617. The van der Waals surface area contributed by atoms with Crippen LogP contribution in [0.4, 0.5) is 10.1 Å². The predicted molar refractivity (Wildman–Crippen MR) is 81.3 cm³/mol. The molecule has 3 atom stereocenters. The molecule has 23 heavy (non-hydrogen) atoms. The molecular formula is C17H19FN2O3. The van der Waals surface area contributed by atoms with Gasteiger partial charge in [0, 0.05) is 18.7 Å². The molecule has 0 aliphatic carbocycles. The number of anilines is 1. The second kappa shape index (κ2) is 5.60. The molecule has 0 unspecified atom stereocenters. The normalized spacial score (nSPS) is 30.1. The van der Waals surface area contributed by atoms with Crippen molar-refractivity contribution in [3.05, 3.63) is 30.1 Å². The number of halogens is 1. The molecule has 0 saturated carbocycles. The van der Waals surface area contributed by atoms with E-state index < -0.39 is 0 Å². The number of nitrogens with zero attached hydrogens (tertiary/aromatic N) is 2. The van der Waals surface area contributed by atoms with Gasteiger partial charge in [0.15, 0.2) is 0 Å². The van der Waals surface area contributed by atoms with Gasteiger partial charge in [0.05, 0.1) is 31.2 Å². The van der Waals surface area contributed by atoms with E-state index in [9.17, 15) is 14.0 Å². The number of carbonyl (C=O) groups is 2. The van der Waals surface area contributed by atoms with Crippen LogP contribution in [-0.2, 0) is 14.3 Å². The SMILES string of the molecule is O=C1C[C@H](C(=O)N2[C@@H]3CC[C@H]2COC3)CN1c1ccc(F)cc1. The fourth-order valence-corrected chi connectivity index (χ4v) is 3.94. The van der Waals surface area contributed by atoms with E-state index in [1.54, 1.807) is 17.0 Å². The van der Waals surface area contributed by atoms with Gasteiger partial charge in [-0.2, -0.15) is 0 Å². The van der Waals surface area contributed by atoms with Crippen molar-refractivity contribution in [3.8, 4) is 0 Å². The van der Waals surface area contributed by atoms with Crippen LogP contribution in [0.15, 0.2) is 24.3 Å². The van der Waals surface area contributed by atoms with Gasteiger partial charge in [-0.25, -0.2) is 4.39 Å². The minimum Gasteiger partial charge on any atom is -0.377 e. The highest BCUT2D eigenvalue weighted by molar-refractivity contribution is 6.00. The van der Waals surface area contributed by atoms with E-state index in [2.05, 4.69) is 0 Å². The topological polar surface area (TPSA) is 49.9 Å². The molecule has 1 aromatic rings. The fourth-order valence-electron chi connectivity index (χ4n) is 3.94. The molecule has 0 N–H and O–H groups in total. The monoisotopic (exact) mass is 318 g/mol. The van der Waals surface area contributed by atoms with Crippen molar-refractivity contribution in [2.45, 2.75) is 31.3 Å². The molecule has 3 aliphatic heterocycles. The molecule has 6 heteroatoms. The van der Waals surface area contributed by atoms with E-state index in [-0.39, 0.29) is 42.1 Å². The van der Waals surface area contributed by atoms with Crippen molar-refractivity contribution in [2.75, 3.05) is 24.7 Å². The van der Waals surface area contributed by atoms with Crippen molar-refractivity contribution < 1.29 is 18.7 Å². The largest absolute Gasteiger partial charge is 0.377 e. The minimum atomic E-state index is -0.335. The lowest BCUT2D eigenvalue weighted by molar-refractivity contribution is -0.145. The molecule has 0 aromatic heterocycles. The zero-order chi connectivity index (χ0) is 16.0. The zero-order valence-electron chi connectivity index (χ0n) is 12.8. The lowest BCUT2D eigenvalue weighted by Crippen LogP contribution is -2.51. The molecule has 0 radical (unpaired) electrons. The van der Waals surface area contributed by atoms with E-state index in [0.29, 0.717) is 25.4 Å². The number of rotatable bonds is 2. The van der Waals surface area contributed by atoms with Gasteiger partial charge < -0.3 is 14.5 Å². The van der Waals surface area contributed by atoms with Gasteiger partial charge in [-0.3, -0.25) is 9.59 Å². The van der Waals surface area contributed by atoms with Crippen LogP contribution in [-0.4, -0.2) is 48.6 Å². The highest BCUT2D eigenvalue weighted by Gasteiger charge is 2.45. The predicted octanol–water partition coefficient (Wildman–Crippen LogP) is 1.57.